The highest BCUT2D eigenvalue weighted by atomic mass is 19.4. The van der Waals surface area contributed by atoms with Crippen molar-refractivity contribution in [3.63, 3.8) is 0 Å². The molecule has 0 saturated carbocycles. The molecular formula is C17H22F3N5O. The summed E-state index contributed by atoms with van der Waals surface area (Å²) in [5.74, 6) is 0.774. The fraction of sp³-hybridized carbons (Fsp3) is 0.529. The second kappa shape index (κ2) is 7.84. The Balaban J connectivity index is 1.98. The predicted molar refractivity (Wildman–Crippen MR) is 89.5 cm³/mol. The van der Waals surface area contributed by atoms with E-state index in [4.69, 9.17) is 0 Å². The Morgan fingerprint density at radius 3 is 2.58 bits per heavy atom. The minimum atomic E-state index is -4.52. The van der Waals surface area contributed by atoms with Gasteiger partial charge in [0.25, 0.3) is 0 Å². The number of hydrogen-bond donors (Lipinski definition) is 1. The summed E-state index contributed by atoms with van der Waals surface area (Å²) in [5, 5.41) is 2.71. The normalized spacial score (nSPS) is 13.1. The summed E-state index contributed by atoms with van der Waals surface area (Å²) in [6.45, 7) is 7.34. The molecule has 0 aliphatic rings. The Morgan fingerprint density at radius 1 is 1.27 bits per heavy atom. The van der Waals surface area contributed by atoms with Crippen molar-refractivity contribution >= 4 is 5.91 Å². The van der Waals surface area contributed by atoms with Crippen molar-refractivity contribution in [2.75, 3.05) is 6.54 Å². The van der Waals surface area contributed by atoms with Crippen molar-refractivity contribution in [2.24, 2.45) is 0 Å². The average molecular weight is 369 g/mol. The van der Waals surface area contributed by atoms with Crippen molar-refractivity contribution < 1.29 is 18.0 Å². The van der Waals surface area contributed by atoms with Crippen LogP contribution in [0, 0.1) is 6.92 Å². The summed E-state index contributed by atoms with van der Waals surface area (Å²) < 4.78 is 40.2. The maximum Gasteiger partial charge on any atom is 0.433 e. The largest absolute Gasteiger partial charge is 0.433 e. The molecule has 2 rings (SSSR count). The number of imidazole rings is 1. The van der Waals surface area contributed by atoms with E-state index >= 15 is 0 Å². The van der Waals surface area contributed by atoms with Crippen molar-refractivity contribution in [3.8, 4) is 0 Å². The van der Waals surface area contributed by atoms with Gasteiger partial charge in [-0.3, -0.25) is 4.79 Å². The van der Waals surface area contributed by atoms with Crippen LogP contribution in [0.3, 0.4) is 0 Å². The summed E-state index contributed by atoms with van der Waals surface area (Å²) in [4.78, 5) is 24.1. The summed E-state index contributed by atoms with van der Waals surface area (Å²) in [6, 6.07) is 0.426. The number of rotatable bonds is 6. The van der Waals surface area contributed by atoms with Gasteiger partial charge in [-0.1, -0.05) is 13.8 Å². The first kappa shape index (κ1) is 19.9. The second-order valence-corrected chi connectivity index (χ2v) is 6.37. The van der Waals surface area contributed by atoms with E-state index in [1.165, 1.54) is 6.92 Å². The van der Waals surface area contributed by atoms with E-state index in [0.29, 0.717) is 0 Å². The monoisotopic (exact) mass is 369 g/mol. The molecule has 0 saturated heterocycles. The second-order valence-electron chi connectivity index (χ2n) is 6.37. The third kappa shape index (κ3) is 4.80. The van der Waals surface area contributed by atoms with Crippen LogP contribution in [0.25, 0.3) is 0 Å². The summed E-state index contributed by atoms with van der Waals surface area (Å²) in [6.07, 6.45) is -1.03. The van der Waals surface area contributed by atoms with Gasteiger partial charge in [0.05, 0.1) is 0 Å². The molecule has 2 aromatic heterocycles. The average Bonchev–Trinajstić information content (AvgIpc) is 3.02. The zero-order valence-electron chi connectivity index (χ0n) is 15.1. The molecule has 9 heteroatoms. The number of nitrogens with one attached hydrogen (secondary N) is 1. The van der Waals surface area contributed by atoms with Crippen LogP contribution < -0.4 is 5.32 Å². The van der Waals surface area contributed by atoms with Gasteiger partial charge in [-0.05, 0) is 19.9 Å². The molecule has 1 atom stereocenters. The number of carbonyl (C=O) groups is 1. The molecule has 2 heterocycles. The molecule has 26 heavy (non-hydrogen) atoms. The van der Waals surface area contributed by atoms with Crippen LogP contribution in [-0.4, -0.2) is 32.0 Å². The molecule has 0 aliphatic heterocycles. The molecule has 6 nitrogen and oxygen atoms in total. The van der Waals surface area contributed by atoms with E-state index in [0.717, 1.165) is 11.9 Å². The molecule has 1 amide bonds. The lowest BCUT2D eigenvalue weighted by Crippen LogP contribution is -2.33. The highest BCUT2D eigenvalue weighted by molar-refractivity contribution is 5.79. The van der Waals surface area contributed by atoms with Crippen LogP contribution >= 0.6 is 0 Å². The Morgan fingerprint density at radius 2 is 1.96 bits per heavy atom. The van der Waals surface area contributed by atoms with E-state index in [2.05, 4.69) is 20.3 Å². The van der Waals surface area contributed by atoms with E-state index < -0.39 is 17.9 Å². The highest BCUT2D eigenvalue weighted by Gasteiger charge is 2.33. The first-order chi connectivity index (χ1) is 12.1. The van der Waals surface area contributed by atoms with Crippen LogP contribution in [0.2, 0.25) is 0 Å². The third-order valence-electron chi connectivity index (χ3n) is 3.85. The van der Waals surface area contributed by atoms with Crippen LogP contribution in [0.4, 0.5) is 13.2 Å². The van der Waals surface area contributed by atoms with Gasteiger partial charge >= 0.3 is 6.18 Å². The van der Waals surface area contributed by atoms with Crippen molar-refractivity contribution in [1.82, 2.24) is 24.8 Å². The van der Waals surface area contributed by atoms with Gasteiger partial charge in [0.15, 0.2) is 0 Å². The number of hydrogen-bond acceptors (Lipinski definition) is 4. The Labute approximate surface area is 149 Å². The number of nitrogens with zero attached hydrogens (tertiary/aromatic N) is 4. The van der Waals surface area contributed by atoms with E-state index in [9.17, 15) is 18.0 Å². The summed E-state index contributed by atoms with van der Waals surface area (Å²) in [5.41, 5.74) is -0.735. The summed E-state index contributed by atoms with van der Waals surface area (Å²) in [7, 11) is 0. The van der Waals surface area contributed by atoms with Gasteiger partial charge in [0.1, 0.15) is 23.4 Å². The Kier molecular flexibility index (Phi) is 5.99. The fourth-order valence-electron chi connectivity index (χ4n) is 2.56. The first-order valence-corrected chi connectivity index (χ1v) is 8.31. The fourth-order valence-corrected chi connectivity index (χ4v) is 2.56. The van der Waals surface area contributed by atoms with Gasteiger partial charge in [-0.15, -0.1) is 0 Å². The zero-order valence-corrected chi connectivity index (χ0v) is 15.1. The van der Waals surface area contributed by atoms with Crippen LogP contribution in [0.15, 0.2) is 18.5 Å². The molecular weight excluding hydrogens is 347 g/mol. The molecule has 0 unspecified atom stereocenters. The SMILES string of the molecule is Cc1cc(C(F)(F)F)nc(CCNC(=O)[C@H](C)n2ccnc2C(C)C)n1. The zero-order chi connectivity index (χ0) is 19.5. The number of halogens is 3. The summed E-state index contributed by atoms with van der Waals surface area (Å²) >= 11 is 0. The Hall–Kier alpha value is -2.45. The third-order valence-corrected chi connectivity index (χ3v) is 3.85. The molecule has 0 bridgehead atoms. The van der Waals surface area contributed by atoms with E-state index in [1.807, 2.05) is 13.8 Å². The minimum absolute atomic E-state index is 0.0516. The quantitative estimate of drug-likeness (QED) is 0.849. The molecule has 2 aromatic rings. The lowest BCUT2D eigenvalue weighted by atomic mass is 10.2. The molecule has 0 aliphatic carbocycles. The Bertz CT molecular complexity index is 770. The molecule has 0 fully saturated rings. The number of carbonyl (C=O) groups excluding carboxylic acids is 1. The molecule has 142 valence electrons. The number of aryl methyl sites for hydroxylation is 1. The van der Waals surface area contributed by atoms with Crippen LogP contribution in [0.1, 0.15) is 55.8 Å². The topological polar surface area (TPSA) is 72.7 Å². The van der Waals surface area contributed by atoms with E-state index in [1.54, 1.807) is 23.9 Å². The lowest BCUT2D eigenvalue weighted by molar-refractivity contribution is -0.141. The molecule has 1 N–H and O–H groups in total. The molecule has 0 spiro atoms. The van der Waals surface area contributed by atoms with Gasteiger partial charge in [0.2, 0.25) is 5.91 Å². The van der Waals surface area contributed by atoms with Gasteiger partial charge in [-0.2, -0.15) is 13.2 Å². The van der Waals surface area contributed by atoms with Gasteiger partial charge in [-0.25, -0.2) is 15.0 Å². The predicted octanol–water partition coefficient (Wildman–Crippen LogP) is 3.04. The molecule has 0 aromatic carbocycles. The maximum atomic E-state index is 12.8. The number of alkyl halides is 3. The van der Waals surface area contributed by atoms with Crippen molar-refractivity contribution in [1.29, 1.82) is 0 Å². The van der Waals surface area contributed by atoms with Gasteiger partial charge in [0, 0.05) is 37.0 Å². The van der Waals surface area contributed by atoms with Crippen molar-refractivity contribution in [3.05, 3.63) is 41.5 Å². The smallest absolute Gasteiger partial charge is 0.354 e. The standard InChI is InChI=1S/C17H22F3N5O/c1-10(2)15-21-7-8-25(15)12(4)16(26)22-6-5-14-23-11(3)9-13(24-14)17(18,19)20/h7-10,12H,5-6H2,1-4H3,(H,22,26)/t12-/m0/s1. The highest BCUT2D eigenvalue weighted by Crippen LogP contribution is 2.27. The number of amides is 1. The lowest BCUT2D eigenvalue weighted by Gasteiger charge is -2.17. The van der Waals surface area contributed by atoms with E-state index in [-0.39, 0.29) is 36.3 Å². The first-order valence-electron chi connectivity index (χ1n) is 8.31. The minimum Gasteiger partial charge on any atom is -0.354 e. The molecule has 0 radical (unpaired) electrons. The number of aromatic nitrogens is 4. The van der Waals surface area contributed by atoms with Crippen LogP contribution in [0.5, 0.6) is 0 Å². The van der Waals surface area contributed by atoms with Gasteiger partial charge < -0.3 is 9.88 Å². The maximum absolute atomic E-state index is 12.8. The van der Waals surface area contributed by atoms with Crippen LogP contribution in [-0.2, 0) is 17.4 Å². The van der Waals surface area contributed by atoms with Crippen molar-refractivity contribution in [2.45, 2.75) is 52.3 Å².